The number of amides is 2. The lowest BCUT2D eigenvalue weighted by atomic mass is 10.3. The normalized spacial score (nSPS) is 16.1. The first kappa shape index (κ1) is 12.0. The molecule has 2 rings (SSSR count). The van der Waals surface area contributed by atoms with Gasteiger partial charge in [0.05, 0.1) is 5.69 Å². The molecular formula is C11H15N3O2S. The van der Waals surface area contributed by atoms with Gasteiger partial charge in [-0.3, -0.25) is 9.59 Å². The van der Waals surface area contributed by atoms with Gasteiger partial charge in [0.2, 0.25) is 6.41 Å². The molecule has 0 atom stereocenters. The second-order valence-electron chi connectivity index (χ2n) is 4.09. The van der Waals surface area contributed by atoms with Gasteiger partial charge in [-0.1, -0.05) is 0 Å². The van der Waals surface area contributed by atoms with E-state index in [9.17, 15) is 9.59 Å². The Morgan fingerprint density at radius 1 is 1.29 bits per heavy atom. The number of nitrogens with zero attached hydrogens (tertiary/aromatic N) is 3. The van der Waals surface area contributed by atoms with E-state index in [2.05, 4.69) is 4.98 Å². The van der Waals surface area contributed by atoms with E-state index in [0.717, 1.165) is 17.0 Å². The fraction of sp³-hybridized carbons (Fsp3) is 0.545. The van der Waals surface area contributed by atoms with Gasteiger partial charge >= 0.3 is 0 Å². The fourth-order valence-corrected chi connectivity index (χ4v) is 2.61. The van der Waals surface area contributed by atoms with Crippen LogP contribution in [0.4, 0.5) is 0 Å². The van der Waals surface area contributed by atoms with Crippen molar-refractivity contribution < 1.29 is 9.59 Å². The molecule has 0 bridgehead atoms. The molecule has 2 heterocycles. The van der Waals surface area contributed by atoms with Crippen molar-refractivity contribution in [3.8, 4) is 0 Å². The van der Waals surface area contributed by atoms with Crippen LogP contribution in [0.1, 0.15) is 20.4 Å². The molecule has 0 unspecified atom stereocenters. The first-order chi connectivity index (χ1) is 8.11. The third kappa shape index (κ3) is 2.46. The lowest BCUT2D eigenvalue weighted by molar-refractivity contribution is -0.119. The topological polar surface area (TPSA) is 53.5 Å². The molecule has 1 aliphatic rings. The Balaban J connectivity index is 2.04. The van der Waals surface area contributed by atoms with Crippen LogP contribution in [-0.4, -0.2) is 53.3 Å². The highest BCUT2D eigenvalue weighted by atomic mass is 32.1. The standard InChI is InChI=1S/C11H15N3O2S/c1-8-9(2)17-10(12-8)11(16)14-5-3-13(7-15)4-6-14/h7H,3-6H2,1-2H3. The first-order valence-corrected chi connectivity index (χ1v) is 6.36. The molecule has 1 fully saturated rings. The van der Waals surface area contributed by atoms with Crippen LogP contribution in [0.3, 0.4) is 0 Å². The second kappa shape index (κ2) is 4.83. The molecule has 1 aliphatic heterocycles. The van der Waals surface area contributed by atoms with Crippen LogP contribution >= 0.6 is 11.3 Å². The van der Waals surface area contributed by atoms with Gasteiger partial charge < -0.3 is 9.80 Å². The molecule has 0 aromatic carbocycles. The summed E-state index contributed by atoms with van der Waals surface area (Å²) in [5.74, 6) is -0.0169. The Bertz CT molecular complexity index is 416. The molecule has 5 nitrogen and oxygen atoms in total. The van der Waals surface area contributed by atoms with Crippen LogP contribution in [0, 0.1) is 13.8 Å². The van der Waals surface area contributed by atoms with Gasteiger partial charge in [-0.25, -0.2) is 4.98 Å². The van der Waals surface area contributed by atoms with Crippen molar-refractivity contribution in [2.75, 3.05) is 26.2 Å². The molecule has 1 aromatic rings. The molecule has 0 aliphatic carbocycles. The molecule has 0 saturated carbocycles. The minimum Gasteiger partial charge on any atom is -0.342 e. The largest absolute Gasteiger partial charge is 0.342 e. The maximum Gasteiger partial charge on any atom is 0.282 e. The van der Waals surface area contributed by atoms with Crippen LogP contribution in [-0.2, 0) is 4.79 Å². The smallest absolute Gasteiger partial charge is 0.282 e. The van der Waals surface area contributed by atoms with Crippen molar-refractivity contribution in [1.82, 2.24) is 14.8 Å². The third-order valence-electron chi connectivity index (χ3n) is 2.96. The summed E-state index contributed by atoms with van der Waals surface area (Å²) in [5.41, 5.74) is 0.921. The number of hydrogen-bond acceptors (Lipinski definition) is 4. The van der Waals surface area contributed by atoms with Crippen molar-refractivity contribution in [1.29, 1.82) is 0 Å². The van der Waals surface area contributed by atoms with E-state index in [-0.39, 0.29) is 5.91 Å². The number of aromatic nitrogens is 1. The molecule has 1 aromatic heterocycles. The molecule has 92 valence electrons. The van der Waals surface area contributed by atoms with E-state index in [1.54, 1.807) is 9.80 Å². The molecule has 2 amide bonds. The van der Waals surface area contributed by atoms with E-state index < -0.39 is 0 Å². The van der Waals surface area contributed by atoms with Crippen molar-refractivity contribution in [2.24, 2.45) is 0 Å². The highest BCUT2D eigenvalue weighted by Gasteiger charge is 2.23. The Kier molecular flexibility index (Phi) is 3.42. The van der Waals surface area contributed by atoms with Crippen molar-refractivity contribution in [2.45, 2.75) is 13.8 Å². The fourth-order valence-electron chi connectivity index (χ4n) is 1.73. The number of piperazine rings is 1. The molecule has 0 radical (unpaired) electrons. The second-order valence-corrected chi connectivity index (χ2v) is 5.30. The Labute approximate surface area is 104 Å². The summed E-state index contributed by atoms with van der Waals surface area (Å²) in [5, 5.41) is 0.555. The number of hydrogen-bond donors (Lipinski definition) is 0. The number of rotatable bonds is 2. The van der Waals surface area contributed by atoms with Gasteiger partial charge in [-0.2, -0.15) is 0 Å². The van der Waals surface area contributed by atoms with E-state index in [4.69, 9.17) is 0 Å². The maximum absolute atomic E-state index is 12.1. The zero-order valence-corrected chi connectivity index (χ0v) is 10.8. The summed E-state index contributed by atoms with van der Waals surface area (Å²) in [6.45, 7) is 6.28. The molecule has 0 spiro atoms. The summed E-state index contributed by atoms with van der Waals surface area (Å²) in [6.07, 6.45) is 0.833. The SMILES string of the molecule is Cc1nc(C(=O)N2CCN(C=O)CC2)sc1C. The maximum atomic E-state index is 12.1. The average molecular weight is 253 g/mol. The van der Waals surface area contributed by atoms with Crippen LogP contribution in [0.15, 0.2) is 0 Å². The first-order valence-electron chi connectivity index (χ1n) is 5.54. The Hall–Kier alpha value is -1.43. The summed E-state index contributed by atoms with van der Waals surface area (Å²) >= 11 is 1.44. The molecule has 6 heteroatoms. The zero-order chi connectivity index (χ0) is 12.4. The lowest BCUT2D eigenvalue weighted by Crippen LogP contribution is -2.48. The Morgan fingerprint density at radius 3 is 2.41 bits per heavy atom. The summed E-state index contributed by atoms with van der Waals surface area (Å²) in [6, 6.07) is 0. The van der Waals surface area contributed by atoms with Crippen molar-refractivity contribution in [3.63, 3.8) is 0 Å². The minimum atomic E-state index is -0.0169. The van der Waals surface area contributed by atoms with Gasteiger partial charge in [0, 0.05) is 31.1 Å². The number of carbonyl (C=O) groups is 2. The monoisotopic (exact) mass is 253 g/mol. The van der Waals surface area contributed by atoms with Crippen LogP contribution in [0.5, 0.6) is 0 Å². The van der Waals surface area contributed by atoms with E-state index in [0.29, 0.717) is 31.2 Å². The summed E-state index contributed by atoms with van der Waals surface area (Å²) in [4.78, 5) is 31.5. The van der Waals surface area contributed by atoms with E-state index in [1.165, 1.54) is 11.3 Å². The zero-order valence-electron chi connectivity index (χ0n) is 9.97. The van der Waals surface area contributed by atoms with Crippen molar-refractivity contribution in [3.05, 3.63) is 15.6 Å². The number of aryl methyl sites for hydroxylation is 2. The van der Waals surface area contributed by atoms with Gasteiger partial charge in [-0.05, 0) is 13.8 Å². The third-order valence-corrected chi connectivity index (χ3v) is 4.02. The molecular weight excluding hydrogens is 238 g/mol. The number of thiazole rings is 1. The average Bonchev–Trinajstić information content (AvgIpc) is 2.69. The summed E-state index contributed by atoms with van der Waals surface area (Å²) < 4.78 is 0. The van der Waals surface area contributed by atoms with Crippen molar-refractivity contribution >= 4 is 23.7 Å². The Morgan fingerprint density at radius 2 is 1.94 bits per heavy atom. The van der Waals surface area contributed by atoms with Gasteiger partial charge in [0.25, 0.3) is 5.91 Å². The van der Waals surface area contributed by atoms with E-state index in [1.807, 2.05) is 13.8 Å². The molecule has 0 N–H and O–H groups in total. The van der Waals surface area contributed by atoms with E-state index >= 15 is 0 Å². The van der Waals surface area contributed by atoms with Crippen LogP contribution in [0.25, 0.3) is 0 Å². The quantitative estimate of drug-likeness (QED) is 0.728. The summed E-state index contributed by atoms with van der Waals surface area (Å²) in [7, 11) is 0. The van der Waals surface area contributed by atoms with Gasteiger partial charge in [-0.15, -0.1) is 11.3 Å². The van der Waals surface area contributed by atoms with Crippen LogP contribution in [0.2, 0.25) is 0 Å². The lowest BCUT2D eigenvalue weighted by Gasteiger charge is -2.31. The highest BCUT2D eigenvalue weighted by Crippen LogP contribution is 2.18. The van der Waals surface area contributed by atoms with Gasteiger partial charge in [0.15, 0.2) is 5.01 Å². The van der Waals surface area contributed by atoms with Gasteiger partial charge in [0.1, 0.15) is 0 Å². The minimum absolute atomic E-state index is 0.0169. The highest BCUT2D eigenvalue weighted by molar-refractivity contribution is 7.13. The van der Waals surface area contributed by atoms with Crippen LogP contribution < -0.4 is 0 Å². The molecule has 17 heavy (non-hydrogen) atoms. The predicted molar refractivity (Wildman–Crippen MR) is 65.1 cm³/mol. The molecule has 1 saturated heterocycles. The number of carbonyl (C=O) groups excluding carboxylic acids is 2. The predicted octanol–water partition coefficient (Wildman–Crippen LogP) is 0.674.